The third-order valence-electron chi connectivity index (χ3n) is 4.93. The van der Waals surface area contributed by atoms with Gasteiger partial charge in [-0.05, 0) is 30.3 Å². The normalized spacial score (nSPS) is 23.8. The molecule has 2 atom stereocenters. The van der Waals surface area contributed by atoms with Gasteiger partial charge in [-0.25, -0.2) is 8.42 Å². The number of nitrogens with zero attached hydrogens (tertiary/aromatic N) is 2. The van der Waals surface area contributed by atoms with E-state index < -0.39 is 15.7 Å². The van der Waals surface area contributed by atoms with Crippen molar-refractivity contribution in [2.75, 3.05) is 30.6 Å². The number of hydrogen-bond donors (Lipinski definition) is 0. The molecule has 0 aliphatic carbocycles. The van der Waals surface area contributed by atoms with Gasteiger partial charge < -0.3 is 14.4 Å². The summed E-state index contributed by atoms with van der Waals surface area (Å²) in [5, 5.41) is 0.373. The molecule has 2 aromatic carbocycles. The third-order valence-corrected chi connectivity index (χ3v) is 8.14. The molecule has 4 rings (SSSR count). The Labute approximate surface area is 173 Å². The summed E-state index contributed by atoms with van der Waals surface area (Å²) in [6.07, 6.45) is 0. The molecule has 2 aliphatic rings. The zero-order valence-electron chi connectivity index (χ0n) is 15.9. The number of ether oxygens (including phenoxy) is 2. The van der Waals surface area contributed by atoms with Gasteiger partial charge in [-0.1, -0.05) is 30.0 Å². The van der Waals surface area contributed by atoms with E-state index in [0.717, 1.165) is 5.69 Å². The zero-order chi connectivity index (χ0) is 20.6. The smallest absolute Gasteiger partial charge is 0.279 e. The van der Waals surface area contributed by atoms with Crippen LogP contribution in [-0.4, -0.2) is 56.5 Å². The third kappa shape index (κ3) is 3.84. The standard InChI is InChI=1S/C20H20N2O5S2/c1-26-16-9-8-13(10-17(16)27-2)19(23)21-20-22(14-6-4-3-5-7-14)15-11-29(24,25)12-18(15)28-20/h3-10,15,18H,11-12H2,1-2H3/t15-,18+/m1/s1. The highest BCUT2D eigenvalue weighted by Crippen LogP contribution is 2.41. The molecule has 0 radical (unpaired) electrons. The predicted molar refractivity (Wildman–Crippen MR) is 114 cm³/mol. The Morgan fingerprint density at radius 2 is 1.79 bits per heavy atom. The summed E-state index contributed by atoms with van der Waals surface area (Å²) in [5.74, 6) is 0.702. The van der Waals surface area contributed by atoms with Crippen molar-refractivity contribution < 1.29 is 22.7 Å². The van der Waals surface area contributed by atoms with E-state index in [1.807, 2.05) is 35.2 Å². The van der Waals surface area contributed by atoms with Crippen molar-refractivity contribution >= 4 is 38.4 Å². The van der Waals surface area contributed by atoms with Crippen LogP contribution < -0.4 is 14.4 Å². The van der Waals surface area contributed by atoms with Gasteiger partial charge in [0.25, 0.3) is 5.91 Å². The molecule has 0 N–H and O–H groups in total. The van der Waals surface area contributed by atoms with Crippen molar-refractivity contribution in [3.8, 4) is 11.5 Å². The summed E-state index contributed by atoms with van der Waals surface area (Å²) >= 11 is 1.35. The fourth-order valence-electron chi connectivity index (χ4n) is 3.58. The number of methoxy groups -OCH3 is 2. The lowest BCUT2D eigenvalue weighted by atomic mass is 10.2. The number of benzene rings is 2. The number of carbonyl (C=O) groups is 1. The van der Waals surface area contributed by atoms with Gasteiger partial charge >= 0.3 is 0 Å². The molecule has 0 unspecified atom stereocenters. The molecular weight excluding hydrogens is 412 g/mol. The molecule has 2 aromatic rings. The Kier molecular flexibility index (Phi) is 5.26. The molecular formula is C20H20N2O5S2. The minimum Gasteiger partial charge on any atom is -0.493 e. The summed E-state index contributed by atoms with van der Waals surface area (Å²) in [5.41, 5.74) is 1.19. The SMILES string of the molecule is COc1ccc(C(=O)N=C2S[C@H]3CS(=O)(=O)C[C@H]3N2c2ccccc2)cc1OC. The number of thioether (sulfide) groups is 1. The van der Waals surface area contributed by atoms with Crippen LogP contribution in [0.15, 0.2) is 53.5 Å². The summed E-state index contributed by atoms with van der Waals surface area (Å²) in [6, 6.07) is 14.1. The van der Waals surface area contributed by atoms with E-state index in [2.05, 4.69) is 4.99 Å². The van der Waals surface area contributed by atoms with Crippen molar-refractivity contribution in [1.82, 2.24) is 0 Å². The number of carbonyl (C=O) groups excluding carboxylic acids is 1. The average Bonchev–Trinajstić information content (AvgIpc) is 3.18. The highest BCUT2D eigenvalue weighted by atomic mass is 32.2. The molecule has 152 valence electrons. The van der Waals surface area contributed by atoms with Gasteiger partial charge in [-0.2, -0.15) is 4.99 Å². The first-order valence-electron chi connectivity index (χ1n) is 8.98. The second-order valence-corrected chi connectivity index (χ2v) is 10.1. The van der Waals surface area contributed by atoms with Gasteiger partial charge in [-0.15, -0.1) is 0 Å². The average molecular weight is 433 g/mol. The van der Waals surface area contributed by atoms with Crippen molar-refractivity contribution in [2.24, 2.45) is 4.99 Å². The number of aliphatic imine (C=N–C) groups is 1. The number of hydrogen-bond acceptors (Lipinski definition) is 6. The number of rotatable bonds is 4. The molecule has 0 aromatic heterocycles. The molecule has 2 aliphatic heterocycles. The zero-order valence-corrected chi connectivity index (χ0v) is 17.6. The summed E-state index contributed by atoms with van der Waals surface area (Å²) in [7, 11) is -0.0694. The van der Waals surface area contributed by atoms with Crippen molar-refractivity contribution in [3.63, 3.8) is 0 Å². The molecule has 9 heteroatoms. The first-order valence-corrected chi connectivity index (χ1v) is 11.7. The van der Waals surface area contributed by atoms with E-state index >= 15 is 0 Å². The van der Waals surface area contributed by atoms with E-state index in [4.69, 9.17) is 9.47 Å². The molecule has 0 bridgehead atoms. The lowest BCUT2D eigenvalue weighted by molar-refractivity contribution is 0.100. The maximum Gasteiger partial charge on any atom is 0.279 e. The molecule has 0 spiro atoms. The van der Waals surface area contributed by atoms with E-state index in [9.17, 15) is 13.2 Å². The van der Waals surface area contributed by atoms with Crippen LogP contribution in [-0.2, 0) is 9.84 Å². The minimum atomic E-state index is -3.10. The predicted octanol–water partition coefficient (Wildman–Crippen LogP) is 2.62. The second-order valence-electron chi connectivity index (χ2n) is 6.78. The van der Waals surface area contributed by atoms with E-state index in [0.29, 0.717) is 22.2 Å². The number of fused-ring (bicyclic) bond motifs is 1. The van der Waals surface area contributed by atoms with Crippen LogP contribution in [0.2, 0.25) is 0 Å². The molecule has 0 saturated carbocycles. The van der Waals surface area contributed by atoms with Gasteiger partial charge in [-0.3, -0.25) is 4.79 Å². The lowest BCUT2D eigenvalue weighted by Gasteiger charge is -2.24. The molecule has 1 amide bonds. The maximum absolute atomic E-state index is 12.9. The van der Waals surface area contributed by atoms with Crippen LogP contribution >= 0.6 is 11.8 Å². The van der Waals surface area contributed by atoms with Crippen LogP contribution in [0, 0.1) is 0 Å². The molecule has 2 saturated heterocycles. The Hall–Kier alpha value is -2.52. The monoisotopic (exact) mass is 432 g/mol. The Bertz CT molecular complexity index is 1070. The number of anilines is 1. The highest BCUT2D eigenvalue weighted by Gasteiger charge is 2.49. The summed E-state index contributed by atoms with van der Waals surface area (Å²) in [6.45, 7) is 0. The highest BCUT2D eigenvalue weighted by molar-refractivity contribution is 8.16. The van der Waals surface area contributed by atoms with E-state index in [1.54, 1.807) is 18.2 Å². The van der Waals surface area contributed by atoms with Crippen molar-refractivity contribution in [1.29, 1.82) is 0 Å². The van der Waals surface area contributed by atoms with Crippen LogP contribution in [0.1, 0.15) is 10.4 Å². The van der Waals surface area contributed by atoms with Gasteiger partial charge in [0.15, 0.2) is 26.5 Å². The number of amidine groups is 1. The van der Waals surface area contributed by atoms with Crippen molar-refractivity contribution in [3.05, 3.63) is 54.1 Å². The molecule has 7 nitrogen and oxygen atoms in total. The van der Waals surface area contributed by atoms with Crippen LogP contribution in [0.4, 0.5) is 5.69 Å². The summed E-state index contributed by atoms with van der Waals surface area (Å²) in [4.78, 5) is 19.1. The Morgan fingerprint density at radius 1 is 1.07 bits per heavy atom. The van der Waals surface area contributed by atoms with Crippen LogP contribution in [0.3, 0.4) is 0 Å². The quantitative estimate of drug-likeness (QED) is 0.734. The topological polar surface area (TPSA) is 85.3 Å². The van der Waals surface area contributed by atoms with Crippen LogP contribution in [0.5, 0.6) is 11.5 Å². The fourth-order valence-corrected chi connectivity index (χ4v) is 7.49. The number of amides is 1. The van der Waals surface area contributed by atoms with Gasteiger partial charge in [0.2, 0.25) is 0 Å². The lowest BCUT2D eigenvalue weighted by Crippen LogP contribution is -2.37. The molecule has 2 fully saturated rings. The Balaban J connectivity index is 1.69. The summed E-state index contributed by atoms with van der Waals surface area (Å²) < 4.78 is 34.7. The first kappa shape index (κ1) is 19.8. The second kappa shape index (κ2) is 7.72. The van der Waals surface area contributed by atoms with E-state index in [1.165, 1.54) is 26.0 Å². The largest absolute Gasteiger partial charge is 0.493 e. The number of para-hydroxylation sites is 1. The first-order chi connectivity index (χ1) is 13.9. The van der Waals surface area contributed by atoms with Gasteiger partial charge in [0, 0.05) is 16.5 Å². The molecule has 29 heavy (non-hydrogen) atoms. The fraction of sp³-hybridized carbons (Fsp3) is 0.300. The van der Waals surface area contributed by atoms with Crippen LogP contribution in [0.25, 0.3) is 0 Å². The number of sulfone groups is 1. The van der Waals surface area contributed by atoms with Gasteiger partial charge in [0.05, 0.1) is 31.8 Å². The van der Waals surface area contributed by atoms with Crippen molar-refractivity contribution in [2.45, 2.75) is 11.3 Å². The Morgan fingerprint density at radius 3 is 2.48 bits per heavy atom. The maximum atomic E-state index is 12.9. The van der Waals surface area contributed by atoms with Gasteiger partial charge in [0.1, 0.15) is 0 Å². The van der Waals surface area contributed by atoms with E-state index in [-0.39, 0.29) is 22.8 Å². The minimum absolute atomic E-state index is 0.0587. The molecule has 2 heterocycles.